The van der Waals surface area contributed by atoms with Gasteiger partial charge in [-0.2, -0.15) is 5.10 Å². The second-order valence-electron chi connectivity index (χ2n) is 12.8. The summed E-state index contributed by atoms with van der Waals surface area (Å²) < 4.78 is 35.2. The van der Waals surface area contributed by atoms with Crippen LogP contribution in [0.15, 0.2) is 103 Å². The second-order valence-corrected chi connectivity index (χ2v) is 14.6. The lowest BCUT2D eigenvalue weighted by atomic mass is 9.93. The van der Waals surface area contributed by atoms with Gasteiger partial charge in [-0.15, -0.1) is 0 Å². The highest BCUT2D eigenvalue weighted by atomic mass is 32.2. The summed E-state index contributed by atoms with van der Waals surface area (Å²) in [5.74, 6) is 0.369. The van der Waals surface area contributed by atoms with Crippen LogP contribution in [0.25, 0.3) is 11.1 Å². The van der Waals surface area contributed by atoms with E-state index in [9.17, 15) is 18.0 Å². The van der Waals surface area contributed by atoms with Crippen LogP contribution in [0, 0.1) is 13.8 Å². The molecule has 51 heavy (non-hydrogen) atoms. The number of nitrogens with one attached hydrogen (secondary N) is 2. The summed E-state index contributed by atoms with van der Waals surface area (Å²) in [7, 11) is -3.61. The van der Waals surface area contributed by atoms with E-state index in [0.717, 1.165) is 52.1 Å². The lowest BCUT2D eigenvalue weighted by Gasteiger charge is -2.31. The fourth-order valence-corrected chi connectivity index (χ4v) is 7.27. The third kappa shape index (κ3) is 9.04. The molecular weight excluding hydrogens is 663 g/mol. The maximum Gasteiger partial charge on any atom is 0.251 e. The maximum absolute atomic E-state index is 13.4. The van der Waals surface area contributed by atoms with Crippen LogP contribution >= 0.6 is 0 Å². The number of aromatic nitrogens is 2. The molecule has 2 heterocycles. The summed E-state index contributed by atoms with van der Waals surface area (Å²) in [6.45, 7) is 5.71. The maximum atomic E-state index is 13.4. The Bertz CT molecular complexity index is 2110. The van der Waals surface area contributed by atoms with Gasteiger partial charge in [0.25, 0.3) is 5.91 Å². The first-order chi connectivity index (χ1) is 24.7. The van der Waals surface area contributed by atoms with Crippen LogP contribution in [-0.4, -0.2) is 55.5 Å². The summed E-state index contributed by atoms with van der Waals surface area (Å²) >= 11 is 0. The van der Waals surface area contributed by atoms with Crippen molar-refractivity contribution in [3.05, 3.63) is 131 Å². The van der Waals surface area contributed by atoms with Gasteiger partial charge in [-0.1, -0.05) is 54.6 Å². The van der Waals surface area contributed by atoms with E-state index in [0.29, 0.717) is 43.8 Å². The highest BCUT2D eigenvalue weighted by molar-refractivity contribution is 7.92. The molecule has 11 heteroatoms. The van der Waals surface area contributed by atoms with E-state index in [1.807, 2.05) is 59.2 Å². The second kappa shape index (κ2) is 16.1. The van der Waals surface area contributed by atoms with Crippen LogP contribution in [0.2, 0.25) is 0 Å². The van der Waals surface area contributed by atoms with Gasteiger partial charge >= 0.3 is 0 Å². The number of hydrogen-bond acceptors (Lipinski definition) is 6. The molecular formula is C40H43N5O5S. The van der Waals surface area contributed by atoms with E-state index in [1.54, 1.807) is 48.5 Å². The Kier molecular flexibility index (Phi) is 11.2. The minimum atomic E-state index is -3.61. The number of sulfonamides is 1. The predicted octanol–water partition coefficient (Wildman–Crippen LogP) is 6.53. The molecule has 1 aromatic heterocycles. The van der Waals surface area contributed by atoms with Crippen molar-refractivity contribution in [1.29, 1.82) is 0 Å². The SMILES string of the molecule is Cc1cccc(OCCCC(=O)N2CCCc3c(-c4cnn(Cc5cccc(C(=O)NCCS(=O)(=O)Nc6ccccc6)c5)c4)cccc32)c1C. The van der Waals surface area contributed by atoms with Gasteiger partial charge in [0.1, 0.15) is 5.75 Å². The summed E-state index contributed by atoms with van der Waals surface area (Å²) in [5.41, 5.74) is 8.21. The zero-order valence-electron chi connectivity index (χ0n) is 29.0. The average molecular weight is 706 g/mol. The van der Waals surface area contributed by atoms with Gasteiger partial charge < -0.3 is 15.0 Å². The van der Waals surface area contributed by atoms with Crippen molar-refractivity contribution in [3.63, 3.8) is 0 Å². The quantitative estimate of drug-likeness (QED) is 0.127. The van der Waals surface area contributed by atoms with Gasteiger partial charge in [0.2, 0.25) is 15.9 Å². The fourth-order valence-electron chi connectivity index (χ4n) is 6.30. The number of hydrogen-bond donors (Lipinski definition) is 2. The number of para-hydroxylation sites is 1. The molecule has 2 N–H and O–H groups in total. The summed E-state index contributed by atoms with van der Waals surface area (Å²) in [6, 6.07) is 28.0. The number of carbonyl (C=O) groups excluding carboxylic acids is 2. The number of fused-ring (bicyclic) bond motifs is 1. The van der Waals surface area contributed by atoms with Gasteiger partial charge in [-0.3, -0.25) is 19.0 Å². The molecule has 1 aliphatic rings. The Labute approximate surface area is 299 Å². The van der Waals surface area contributed by atoms with Crippen LogP contribution in [0.3, 0.4) is 0 Å². The van der Waals surface area contributed by atoms with Gasteiger partial charge in [0, 0.05) is 48.2 Å². The molecule has 264 valence electrons. The number of amides is 2. The van der Waals surface area contributed by atoms with E-state index in [1.165, 1.54) is 5.56 Å². The Balaban J connectivity index is 1.05. The largest absolute Gasteiger partial charge is 0.493 e. The Morgan fingerprint density at radius 2 is 1.75 bits per heavy atom. The smallest absolute Gasteiger partial charge is 0.251 e. The number of aryl methyl sites for hydroxylation is 1. The molecule has 0 fully saturated rings. The number of nitrogens with zero attached hydrogens (tertiary/aromatic N) is 3. The first kappa shape index (κ1) is 35.4. The molecule has 0 saturated heterocycles. The molecule has 5 aromatic rings. The fraction of sp³-hybridized carbons (Fsp3) is 0.275. The molecule has 0 spiro atoms. The van der Waals surface area contributed by atoms with E-state index in [2.05, 4.69) is 34.2 Å². The van der Waals surface area contributed by atoms with Crippen molar-refractivity contribution < 1.29 is 22.7 Å². The summed E-state index contributed by atoms with van der Waals surface area (Å²) in [4.78, 5) is 28.2. The van der Waals surface area contributed by atoms with Crippen molar-refractivity contribution in [2.24, 2.45) is 0 Å². The van der Waals surface area contributed by atoms with Crippen molar-refractivity contribution >= 4 is 33.2 Å². The summed E-state index contributed by atoms with van der Waals surface area (Å²) in [6.07, 6.45) is 6.62. The Morgan fingerprint density at radius 3 is 2.59 bits per heavy atom. The predicted molar refractivity (Wildman–Crippen MR) is 201 cm³/mol. The van der Waals surface area contributed by atoms with Crippen molar-refractivity contribution in [2.75, 3.05) is 35.1 Å². The zero-order valence-corrected chi connectivity index (χ0v) is 29.8. The minimum absolute atomic E-state index is 0.0275. The van der Waals surface area contributed by atoms with Crippen LogP contribution in [-0.2, 0) is 27.8 Å². The number of ether oxygens (including phenoxy) is 1. The van der Waals surface area contributed by atoms with E-state index in [-0.39, 0.29) is 24.1 Å². The van der Waals surface area contributed by atoms with Crippen LogP contribution in [0.5, 0.6) is 5.75 Å². The molecule has 10 nitrogen and oxygen atoms in total. The van der Waals surface area contributed by atoms with Gasteiger partial charge in [0.05, 0.1) is 25.1 Å². The van der Waals surface area contributed by atoms with Crippen molar-refractivity contribution in [3.8, 4) is 16.9 Å². The highest BCUT2D eigenvalue weighted by Crippen LogP contribution is 2.36. The number of anilines is 2. The van der Waals surface area contributed by atoms with Gasteiger partial charge in [0.15, 0.2) is 0 Å². The Morgan fingerprint density at radius 1 is 0.941 bits per heavy atom. The Hall–Kier alpha value is -5.42. The van der Waals surface area contributed by atoms with Gasteiger partial charge in [-0.25, -0.2) is 8.42 Å². The third-order valence-corrected chi connectivity index (χ3v) is 10.4. The van der Waals surface area contributed by atoms with Crippen LogP contribution < -0.4 is 19.7 Å². The van der Waals surface area contributed by atoms with Gasteiger partial charge in [-0.05, 0) is 97.3 Å². The van der Waals surface area contributed by atoms with E-state index in [4.69, 9.17) is 4.74 Å². The number of carbonyl (C=O) groups is 2. The molecule has 0 aliphatic carbocycles. The number of benzene rings is 4. The van der Waals surface area contributed by atoms with E-state index < -0.39 is 10.0 Å². The lowest BCUT2D eigenvalue weighted by molar-refractivity contribution is -0.118. The van der Waals surface area contributed by atoms with Crippen molar-refractivity contribution in [2.45, 2.75) is 46.1 Å². The minimum Gasteiger partial charge on any atom is -0.493 e. The van der Waals surface area contributed by atoms with Crippen molar-refractivity contribution in [1.82, 2.24) is 15.1 Å². The average Bonchev–Trinajstić information content (AvgIpc) is 3.59. The molecule has 2 amide bonds. The summed E-state index contributed by atoms with van der Waals surface area (Å²) in [5, 5.41) is 7.32. The third-order valence-electron chi connectivity index (χ3n) is 9.08. The molecule has 1 aliphatic heterocycles. The zero-order chi connectivity index (χ0) is 35.8. The molecule has 6 rings (SSSR count). The number of rotatable bonds is 14. The van der Waals surface area contributed by atoms with Crippen LogP contribution in [0.1, 0.15) is 51.9 Å². The normalized spacial score (nSPS) is 12.6. The van der Waals surface area contributed by atoms with E-state index >= 15 is 0 Å². The monoisotopic (exact) mass is 705 g/mol. The lowest BCUT2D eigenvalue weighted by Crippen LogP contribution is -2.35. The molecule has 4 aromatic carbocycles. The topological polar surface area (TPSA) is 123 Å². The first-order valence-electron chi connectivity index (χ1n) is 17.2. The first-order valence-corrected chi connectivity index (χ1v) is 18.9. The standard InChI is InChI=1S/C40H43N5O5S/c1-29-11-6-19-38(30(29)2)50-23-10-20-39(46)45-22-9-17-36-35(16-8-18-37(36)45)33-26-42-44(28-33)27-31-12-7-13-32(25-31)40(47)41-21-24-51(48,49)43-34-14-4-3-5-15-34/h3-8,11-16,18-19,25-26,28,43H,9-10,17,20-24,27H2,1-2H3,(H,41,47). The molecule has 0 atom stereocenters. The molecule has 0 bridgehead atoms. The molecule has 0 radical (unpaired) electrons. The van der Waals surface area contributed by atoms with Crippen LogP contribution in [0.4, 0.5) is 11.4 Å². The molecule has 0 saturated carbocycles. The molecule has 0 unspecified atom stereocenters. The highest BCUT2D eigenvalue weighted by Gasteiger charge is 2.25.